The second-order valence-electron chi connectivity index (χ2n) is 3.39. The number of hydrogen-bond acceptors (Lipinski definition) is 7. The Balaban J connectivity index is 1.98. The van der Waals surface area contributed by atoms with Crippen LogP contribution in [0.4, 0.5) is 5.69 Å². The van der Waals surface area contributed by atoms with E-state index in [2.05, 4.69) is 15.4 Å². The molecule has 0 radical (unpaired) electrons. The lowest BCUT2D eigenvalue weighted by Crippen LogP contribution is -2.04. The lowest BCUT2D eigenvalue weighted by atomic mass is 10.4. The first-order valence-electron chi connectivity index (χ1n) is 4.82. The molecule has 8 heteroatoms. The van der Waals surface area contributed by atoms with E-state index in [0.717, 1.165) is 4.88 Å². The molecule has 0 amide bonds. The quantitative estimate of drug-likeness (QED) is 0.801. The molecule has 0 spiro atoms. The number of ether oxygens (including phenoxy) is 1. The third-order valence-electron chi connectivity index (χ3n) is 2.04. The van der Waals surface area contributed by atoms with E-state index in [1.54, 1.807) is 13.1 Å². The maximum absolute atomic E-state index is 11.6. The summed E-state index contributed by atoms with van der Waals surface area (Å²) in [6.45, 7) is 1.85. The van der Waals surface area contributed by atoms with E-state index in [1.807, 2.05) is 6.92 Å². The fourth-order valence-electron chi connectivity index (χ4n) is 1.18. The van der Waals surface area contributed by atoms with Crippen LogP contribution in [0.5, 0.6) is 0 Å². The van der Waals surface area contributed by atoms with Crippen molar-refractivity contribution in [3.8, 4) is 0 Å². The van der Waals surface area contributed by atoms with Gasteiger partial charge in [0, 0.05) is 10.6 Å². The van der Waals surface area contributed by atoms with Crippen LogP contribution in [0, 0.1) is 6.92 Å². The van der Waals surface area contributed by atoms with Crippen LogP contribution in [0.3, 0.4) is 0 Å². The summed E-state index contributed by atoms with van der Waals surface area (Å²) in [4.78, 5) is 14.3. The zero-order valence-electron chi connectivity index (χ0n) is 9.38. The topological polar surface area (TPSA) is 95.9 Å². The fraction of sp³-hybridized carbons (Fsp3) is 0.333. The molecule has 0 bridgehead atoms. The number of tetrazole rings is 1. The smallest absolute Gasteiger partial charge is 0.348 e. The molecule has 0 aliphatic carbocycles. The van der Waals surface area contributed by atoms with Crippen LogP contribution < -0.4 is 5.73 Å². The fourth-order valence-corrected chi connectivity index (χ4v) is 2.01. The lowest BCUT2D eigenvalue weighted by molar-refractivity contribution is 0.0468. The molecule has 0 atom stereocenters. The molecule has 2 heterocycles. The monoisotopic (exact) mass is 253 g/mol. The minimum atomic E-state index is -0.428. The summed E-state index contributed by atoms with van der Waals surface area (Å²) >= 11 is 1.30. The van der Waals surface area contributed by atoms with E-state index in [0.29, 0.717) is 16.4 Å². The maximum atomic E-state index is 11.6. The summed E-state index contributed by atoms with van der Waals surface area (Å²) < 4.78 is 5.03. The highest BCUT2D eigenvalue weighted by atomic mass is 32.1. The summed E-state index contributed by atoms with van der Waals surface area (Å²) in [6.07, 6.45) is 0. The Morgan fingerprint density at radius 1 is 1.65 bits per heavy atom. The first kappa shape index (κ1) is 11.5. The van der Waals surface area contributed by atoms with Crippen LogP contribution in [0.1, 0.15) is 20.4 Å². The van der Waals surface area contributed by atoms with Crippen molar-refractivity contribution >= 4 is 23.0 Å². The molecule has 2 aromatic rings. The first-order valence-corrected chi connectivity index (χ1v) is 5.64. The Morgan fingerprint density at radius 3 is 2.94 bits per heavy atom. The third-order valence-corrected chi connectivity index (χ3v) is 3.09. The zero-order valence-corrected chi connectivity index (χ0v) is 10.2. The van der Waals surface area contributed by atoms with Gasteiger partial charge in [-0.15, -0.1) is 21.5 Å². The van der Waals surface area contributed by atoms with Crippen LogP contribution in [-0.2, 0) is 18.4 Å². The molecule has 0 aliphatic heterocycles. The summed E-state index contributed by atoms with van der Waals surface area (Å²) in [6, 6.07) is 1.60. The van der Waals surface area contributed by atoms with Gasteiger partial charge in [-0.2, -0.15) is 4.80 Å². The number of carbonyl (C=O) groups is 1. The number of thiophene rings is 1. The number of rotatable bonds is 3. The van der Waals surface area contributed by atoms with Gasteiger partial charge in [-0.05, 0) is 18.2 Å². The van der Waals surface area contributed by atoms with E-state index in [1.165, 1.54) is 16.1 Å². The van der Waals surface area contributed by atoms with E-state index >= 15 is 0 Å². The number of hydrogen-bond donors (Lipinski definition) is 1. The number of aryl methyl sites for hydroxylation is 2. The Morgan fingerprint density at radius 2 is 2.41 bits per heavy atom. The van der Waals surface area contributed by atoms with Crippen molar-refractivity contribution in [1.82, 2.24) is 20.2 Å². The van der Waals surface area contributed by atoms with Gasteiger partial charge in [-0.25, -0.2) is 4.79 Å². The number of nitrogens with zero attached hydrogens (tertiary/aromatic N) is 4. The summed E-state index contributed by atoms with van der Waals surface area (Å²) in [5.41, 5.74) is 6.25. The molecule has 7 nitrogen and oxygen atoms in total. The highest BCUT2D eigenvalue weighted by Crippen LogP contribution is 2.24. The number of aromatic nitrogens is 4. The zero-order chi connectivity index (χ0) is 12.4. The highest BCUT2D eigenvalue weighted by Gasteiger charge is 2.13. The van der Waals surface area contributed by atoms with E-state index in [-0.39, 0.29) is 6.61 Å². The predicted molar refractivity (Wildman–Crippen MR) is 61.4 cm³/mol. The Bertz CT molecular complexity index is 528. The molecule has 0 aromatic carbocycles. The first-order chi connectivity index (χ1) is 8.06. The number of nitrogens with two attached hydrogens (primary N) is 1. The molecule has 0 fully saturated rings. The van der Waals surface area contributed by atoms with Gasteiger partial charge in [0.15, 0.2) is 6.61 Å². The Kier molecular flexibility index (Phi) is 3.05. The van der Waals surface area contributed by atoms with Crippen molar-refractivity contribution in [2.24, 2.45) is 7.05 Å². The van der Waals surface area contributed by atoms with Gasteiger partial charge in [0.2, 0.25) is 5.82 Å². The standard InChI is InChI=1S/C9H11N5O2S/c1-5-6(10)3-7(17-5)9(15)16-4-8-11-13-14(2)12-8/h3H,4,10H2,1-2H3. The van der Waals surface area contributed by atoms with Gasteiger partial charge >= 0.3 is 5.97 Å². The highest BCUT2D eigenvalue weighted by molar-refractivity contribution is 7.14. The number of esters is 1. The van der Waals surface area contributed by atoms with Crippen LogP contribution >= 0.6 is 11.3 Å². The van der Waals surface area contributed by atoms with Crippen molar-refractivity contribution in [1.29, 1.82) is 0 Å². The lowest BCUT2D eigenvalue weighted by Gasteiger charge is -1.98. The van der Waals surface area contributed by atoms with Crippen molar-refractivity contribution in [2.75, 3.05) is 5.73 Å². The van der Waals surface area contributed by atoms with Crippen molar-refractivity contribution in [3.05, 3.63) is 21.6 Å². The van der Waals surface area contributed by atoms with Crippen molar-refractivity contribution < 1.29 is 9.53 Å². The molecule has 0 saturated carbocycles. The second-order valence-corrected chi connectivity index (χ2v) is 4.65. The molecule has 0 aliphatic rings. The average Bonchev–Trinajstić information content (AvgIpc) is 2.83. The normalized spacial score (nSPS) is 10.5. The molecular formula is C9H11N5O2S. The molecule has 0 unspecified atom stereocenters. The van der Waals surface area contributed by atoms with E-state index in [4.69, 9.17) is 10.5 Å². The van der Waals surface area contributed by atoms with Gasteiger partial charge in [0.1, 0.15) is 4.88 Å². The number of carbonyl (C=O) groups excluding carboxylic acids is 1. The minimum Gasteiger partial charge on any atom is -0.453 e. The molecule has 90 valence electrons. The van der Waals surface area contributed by atoms with Crippen molar-refractivity contribution in [2.45, 2.75) is 13.5 Å². The van der Waals surface area contributed by atoms with Gasteiger partial charge < -0.3 is 10.5 Å². The Labute approximate surface area is 101 Å². The summed E-state index contributed by atoms with van der Waals surface area (Å²) in [7, 11) is 1.64. The Hall–Kier alpha value is -1.96. The maximum Gasteiger partial charge on any atom is 0.348 e. The van der Waals surface area contributed by atoms with Crippen LogP contribution in [-0.4, -0.2) is 26.2 Å². The molecule has 2 aromatic heterocycles. The van der Waals surface area contributed by atoms with E-state index < -0.39 is 5.97 Å². The van der Waals surface area contributed by atoms with Gasteiger partial charge in [-0.3, -0.25) is 0 Å². The predicted octanol–water partition coefficient (Wildman–Crippen LogP) is 0.519. The largest absolute Gasteiger partial charge is 0.453 e. The third kappa shape index (κ3) is 2.59. The van der Waals surface area contributed by atoms with Crippen LogP contribution in [0.2, 0.25) is 0 Å². The summed E-state index contributed by atoms with van der Waals surface area (Å²) in [5, 5.41) is 11.2. The molecule has 17 heavy (non-hydrogen) atoms. The molecule has 0 saturated heterocycles. The van der Waals surface area contributed by atoms with Gasteiger partial charge in [-0.1, -0.05) is 0 Å². The van der Waals surface area contributed by atoms with Crippen LogP contribution in [0.15, 0.2) is 6.07 Å². The number of anilines is 1. The molecular weight excluding hydrogens is 242 g/mol. The van der Waals surface area contributed by atoms with Gasteiger partial charge in [0.05, 0.1) is 7.05 Å². The minimum absolute atomic E-state index is 0.00350. The van der Waals surface area contributed by atoms with Gasteiger partial charge in [0.25, 0.3) is 0 Å². The van der Waals surface area contributed by atoms with Crippen molar-refractivity contribution in [3.63, 3.8) is 0 Å². The number of nitrogen functional groups attached to an aromatic ring is 1. The second kappa shape index (κ2) is 4.50. The molecule has 2 rings (SSSR count). The average molecular weight is 253 g/mol. The summed E-state index contributed by atoms with van der Waals surface area (Å²) in [5.74, 6) is -0.0654. The molecule has 2 N–H and O–H groups in total. The van der Waals surface area contributed by atoms with Crippen LogP contribution in [0.25, 0.3) is 0 Å². The van der Waals surface area contributed by atoms with E-state index in [9.17, 15) is 4.79 Å². The SMILES string of the molecule is Cc1sc(C(=O)OCc2nnn(C)n2)cc1N.